The van der Waals surface area contributed by atoms with Gasteiger partial charge in [0, 0.05) is 57.0 Å². The Balaban J connectivity index is 1.76. The molecule has 25 heavy (non-hydrogen) atoms. The molecule has 136 valence electrons. The molecule has 2 heterocycles. The normalized spacial score (nSPS) is 15.0. The summed E-state index contributed by atoms with van der Waals surface area (Å²) < 4.78 is 5.33. The lowest BCUT2D eigenvalue weighted by atomic mass is 10.1. The Morgan fingerprint density at radius 1 is 1.08 bits per heavy atom. The monoisotopic (exact) mass is 347 g/mol. The summed E-state index contributed by atoms with van der Waals surface area (Å²) >= 11 is 0. The molecule has 0 aromatic carbocycles. The van der Waals surface area contributed by atoms with Crippen LogP contribution in [0.25, 0.3) is 0 Å². The molecule has 0 radical (unpaired) electrons. The number of piperazine rings is 1. The highest BCUT2D eigenvalue weighted by Gasteiger charge is 2.27. The largest absolute Gasteiger partial charge is 0.444 e. The fourth-order valence-corrected chi connectivity index (χ4v) is 2.52. The van der Waals surface area contributed by atoms with Crippen molar-refractivity contribution in [2.24, 2.45) is 0 Å². The summed E-state index contributed by atoms with van der Waals surface area (Å²) in [5, 5.41) is 0. The van der Waals surface area contributed by atoms with Crippen molar-refractivity contribution >= 4 is 17.8 Å². The molecule has 1 aliphatic heterocycles. The number of aromatic nitrogens is 1. The van der Waals surface area contributed by atoms with Crippen LogP contribution in [-0.2, 0) is 9.53 Å². The van der Waals surface area contributed by atoms with Gasteiger partial charge in [0.2, 0.25) is 5.91 Å². The third-order valence-corrected chi connectivity index (χ3v) is 3.83. The van der Waals surface area contributed by atoms with Crippen molar-refractivity contribution < 1.29 is 19.1 Å². The number of carbonyl (C=O) groups excluding carboxylic acids is 3. The van der Waals surface area contributed by atoms with Crippen LogP contribution in [0.5, 0.6) is 0 Å². The van der Waals surface area contributed by atoms with Gasteiger partial charge in [0.25, 0.3) is 0 Å². The number of ether oxygens (including phenoxy) is 1. The lowest BCUT2D eigenvalue weighted by Crippen LogP contribution is -2.51. The van der Waals surface area contributed by atoms with Crippen LogP contribution in [0.15, 0.2) is 24.5 Å². The molecule has 0 bridgehead atoms. The van der Waals surface area contributed by atoms with E-state index in [4.69, 9.17) is 4.74 Å². The molecule has 7 heteroatoms. The molecule has 7 nitrogen and oxygen atoms in total. The van der Waals surface area contributed by atoms with Crippen molar-refractivity contribution in [2.45, 2.75) is 39.2 Å². The lowest BCUT2D eigenvalue weighted by Gasteiger charge is -2.35. The second-order valence-electron chi connectivity index (χ2n) is 7.01. The molecule has 0 unspecified atom stereocenters. The molecule has 0 saturated carbocycles. The summed E-state index contributed by atoms with van der Waals surface area (Å²) in [6, 6.07) is 3.39. The lowest BCUT2D eigenvalue weighted by molar-refractivity contribution is -0.132. The van der Waals surface area contributed by atoms with Crippen LogP contribution in [0.4, 0.5) is 4.79 Å². The molecule has 1 aliphatic rings. The highest BCUT2D eigenvalue weighted by atomic mass is 16.6. The van der Waals surface area contributed by atoms with Crippen molar-refractivity contribution in [1.82, 2.24) is 14.8 Å². The van der Waals surface area contributed by atoms with Crippen LogP contribution in [-0.4, -0.2) is 64.3 Å². The van der Waals surface area contributed by atoms with Gasteiger partial charge in [-0.3, -0.25) is 14.6 Å². The third-order valence-electron chi connectivity index (χ3n) is 3.83. The van der Waals surface area contributed by atoms with Gasteiger partial charge in [-0.25, -0.2) is 4.79 Å². The molecular formula is C18H25N3O4. The number of nitrogens with zero attached hydrogens (tertiary/aromatic N) is 3. The van der Waals surface area contributed by atoms with Crippen LogP contribution < -0.4 is 0 Å². The first-order chi connectivity index (χ1) is 11.8. The number of pyridine rings is 1. The van der Waals surface area contributed by atoms with Gasteiger partial charge in [-0.1, -0.05) is 0 Å². The number of amides is 2. The van der Waals surface area contributed by atoms with Crippen LogP contribution >= 0.6 is 0 Å². The van der Waals surface area contributed by atoms with E-state index in [0.29, 0.717) is 31.7 Å². The first kappa shape index (κ1) is 18.9. The summed E-state index contributed by atoms with van der Waals surface area (Å²) in [6.07, 6.45) is 3.08. The summed E-state index contributed by atoms with van der Waals surface area (Å²) in [7, 11) is 0. The fraction of sp³-hybridized carbons (Fsp3) is 0.556. The summed E-state index contributed by atoms with van der Waals surface area (Å²) in [5.41, 5.74) is -0.0125. The Morgan fingerprint density at radius 3 is 2.28 bits per heavy atom. The van der Waals surface area contributed by atoms with E-state index in [0.717, 1.165) is 0 Å². The topological polar surface area (TPSA) is 79.8 Å². The smallest absolute Gasteiger partial charge is 0.410 e. The second-order valence-corrected chi connectivity index (χ2v) is 7.01. The van der Waals surface area contributed by atoms with Gasteiger partial charge in [-0.2, -0.15) is 0 Å². The minimum atomic E-state index is -0.531. The standard InChI is InChI=1S/C18H25N3O4/c1-18(2,3)25-17(24)21-11-9-20(10-12-21)16(23)7-6-15(22)14-5-4-8-19-13-14/h4-5,8,13H,6-7,9-12H2,1-3H3. The van der Waals surface area contributed by atoms with E-state index in [1.807, 2.05) is 20.8 Å². The van der Waals surface area contributed by atoms with E-state index in [9.17, 15) is 14.4 Å². The SMILES string of the molecule is CC(C)(C)OC(=O)N1CCN(C(=O)CCC(=O)c2cccnc2)CC1. The third kappa shape index (κ3) is 5.85. The van der Waals surface area contributed by atoms with E-state index >= 15 is 0 Å². The van der Waals surface area contributed by atoms with Crippen molar-refractivity contribution in [3.63, 3.8) is 0 Å². The Bertz CT molecular complexity index is 617. The highest BCUT2D eigenvalue weighted by Crippen LogP contribution is 2.13. The van der Waals surface area contributed by atoms with Crippen LogP contribution in [0.1, 0.15) is 44.0 Å². The molecule has 0 N–H and O–H groups in total. The molecule has 1 aromatic rings. The minimum absolute atomic E-state index is 0.0684. The predicted octanol–water partition coefficient (Wildman–Crippen LogP) is 2.12. The van der Waals surface area contributed by atoms with Gasteiger partial charge in [-0.15, -0.1) is 0 Å². The molecule has 1 aromatic heterocycles. The van der Waals surface area contributed by atoms with Gasteiger partial charge in [-0.05, 0) is 32.9 Å². The summed E-state index contributed by atoms with van der Waals surface area (Å²) in [5.74, 6) is -0.157. The first-order valence-electron chi connectivity index (χ1n) is 8.45. The van der Waals surface area contributed by atoms with Crippen molar-refractivity contribution in [2.75, 3.05) is 26.2 Å². The minimum Gasteiger partial charge on any atom is -0.444 e. The van der Waals surface area contributed by atoms with Crippen LogP contribution in [0.2, 0.25) is 0 Å². The number of hydrogen-bond donors (Lipinski definition) is 0. The number of Topliss-reactive ketones (excluding diaryl/α,β-unsaturated/α-hetero) is 1. The van der Waals surface area contributed by atoms with Gasteiger partial charge < -0.3 is 14.5 Å². The molecule has 1 saturated heterocycles. The van der Waals surface area contributed by atoms with Crippen LogP contribution in [0.3, 0.4) is 0 Å². The molecule has 2 rings (SSSR count). The van der Waals surface area contributed by atoms with Gasteiger partial charge in [0.1, 0.15) is 5.60 Å². The Labute approximate surface area is 148 Å². The van der Waals surface area contributed by atoms with E-state index in [1.165, 1.54) is 6.20 Å². The molecule has 1 fully saturated rings. The number of carbonyl (C=O) groups is 3. The number of rotatable bonds is 4. The van der Waals surface area contributed by atoms with Crippen molar-refractivity contribution in [1.29, 1.82) is 0 Å². The maximum atomic E-state index is 12.3. The molecule has 0 atom stereocenters. The average Bonchev–Trinajstić information content (AvgIpc) is 2.58. The van der Waals surface area contributed by atoms with Crippen molar-refractivity contribution in [3.05, 3.63) is 30.1 Å². The van der Waals surface area contributed by atoms with Gasteiger partial charge in [0.15, 0.2) is 5.78 Å². The van der Waals surface area contributed by atoms with E-state index in [1.54, 1.807) is 28.1 Å². The van der Waals surface area contributed by atoms with Crippen LogP contribution in [0, 0.1) is 0 Å². The second kappa shape index (κ2) is 8.09. The van der Waals surface area contributed by atoms with Gasteiger partial charge >= 0.3 is 6.09 Å². The Morgan fingerprint density at radius 2 is 1.72 bits per heavy atom. The summed E-state index contributed by atoms with van der Waals surface area (Å²) in [6.45, 7) is 7.27. The van der Waals surface area contributed by atoms with Crippen molar-refractivity contribution in [3.8, 4) is 0 Å². The maximum absolute atomic E-state index is 12.3. The van der Waals surface area contributed by atoms with E-state index < -0.39 is 5.60 Å². The Kier molecular flexibility index (Phi) is 6.12. The zero-order valence-corrected chi connectivity index (χ0v) is 15.0. The first-order valence-corrected chi connectivity index (χ1v) is 8.45. The number of ketones is 1. The fourth-order valence-electron chi connectivity index (χ4n) is 2.52. The Hall–Kier alpha value is -2.44. The molecule has 0 spiro atoms. The van der Waals surface area contributed by atoms with E-state index in [2.05, 4.69) is 4.98 Å². The van der Waals surface area contributed by atoms with E-state index in [-0.39, 0.29) is 30.6 Å². The average molecular weight is 347 g/mol. The summed E-state index contributed by atoms with van der Waals surface area (Å²) in [4.78, 5) is 43.5. The molecule has 0 aliphatic carbocycles. The molecule has 2 amide bonds. The number of hydrogen-bond acceptors (Lipinski definition) is 5. The predicted molar refractivity (Wildman–Crippen MR) is 92.2 cm³/mol. The maximum Gasteiger partial charge on any atom is 0.410 e. The zero-order chi connectivity index (χ0) is 18.4. The molecular weight excluding hydrogens is 322 g/mol. The highest BCUT2D eigenvalue weighted by molar-refractivity contribution is 5.97. The van der Waals surface area contributed by atoms with Gasteiger partial charge in [0.05, 0.1) is 0 Å². The zero-order valence-electron chi connectivity index (χ0n) is 15.0. The quantitative estimate of drug-likeness (QED) is 0.780.